The van der Waals surface area contributed by atoms with E-state index in [9.17, 15) is 4.79 Å². The molecule has 0 bridgehead atoms. The van der Waals surface area contributed by atoms with Crippen molar-refractivity contribution in [2.75, 3.05) is 17.6 Å². The highest BCUT2D eigenvalue weighted by atomic mass is 16.1. The number of anilines is 2. The molecular formula is C15H21N3O. The van der Waals surface area contributed by atoms with E-state index in [0.29, 0.717) is 23.8 Å². The van der Waals surface area contributed by atoms with E-state index in [-0.39, 0.29) is 5.91 Å². The summed E-state index contributed by atoms with van der Waals surface area (Å²) < 4.78 is 0. The van der Waals surface area contributed by atoms with Gasteiger partial charge in [-0.1, -0.05) is 12.2 Å². The van der Waals surface area contributed by atoms with Crippen molar-refractivity contribution < 1.29 is 4.79 Å². The molecule has 0 radical (unpaired) electrons. The van der Waals surface area contributed by atoms with E-state index in [2.05, 4.69) is 22.8 Å². The number of hydrogen-bond donors (Lipinski definition) is 3. The zero-order chi connectivity index (χ0) is 13.7. The van der Waals surface area contributed by atoms with Gasteiger partial charge in [0.1, 0.15) is 0 Å². The number of nitrogens with one attached hydrogen (secondary N) is 2. The molecule has 1 aliphatic carbocycles. The second kappa shape index (κ2) is 6.27. The number of allylic oxidation sites excluding steroid dienone is 1. The summed E-state index contributed by atoms with van der Waals surface area (Å²) in [5.74, 6) is -0.0589. The Balaban J connectivity index is 2.19. The van der Waals surface area contributed by atoms with Gasteiger partial charge in [0, 0.05) is 24.0 Å². The molecule has 1 unspecified atom stereocenters. The summed E-state index contributed by atoms with van der Waals surface area (Å²) in [5, 5.41) is 6.26. The van der Waals surface area contributed by atoms with Gasteiger partial charge in [0.15, 0.2) is 0 Å². The lowest BCUT2D eigenvalue weighted by Gasteiger charge is -2.22. The molecule has 19 heavy (non-hydrogen) atoms. The van der Waals surface area contributed by atoms with E-state index in [0.717, 1.165) is 24.9 Å². The average molecular weight is 259 g/mol. The summed E-state index contributed by atoms with van der Waals surface area (Å²) >= 11 is 0. The minimum absolute atomic E-state index is 0.0589. The maximum Gasteiger partial charge on any atom is 0.253 e. The molecule has 0 spiro atoms. The SMILES string of the molecule is CCNC(=O)c1ccc(N)cc1NC1CC=CCC1. The predicted molar refractivity (Wildman–Crippen MR) is 79.3 cm³/mol. The van der Waals surface area contributed by atoms with E-state index in [1.807, 2.05) is 13.0 Å². The molecule has 4 N–H and O–H groups in total. The number of nitrogen functional groups attached to an aromatic ring is 1. The van der Waals surface area contributed by atoms with Crippen LogP contribution in [0.15, 0.2) is 30.4 Å². The van der Waals surface area contributed by atoms with Crippen LogP contribution in [0.3, 0.4) is 0 Å². The topological polar surface area (TPSA) is 67.2 Å². The van der Waals surface area contributed by atoms with Crippen molar-refractivity contribution in [1.29, 1.82) is 0 Å². The Morgan fingerprint density at radius 2 is 2.26 bits per heavy atom. The first-order chi connectivity index (χ1) is 9.20. The zero-order valence-electron chi connectivity index (χ0n) is 11.3. The number of hydrogen-bond acceptors (Lipinski definition) is 3. The highest BCUT2D eigenvalue weighted by Crippen LogP contribution is 2.23. The number of rotatable bonds is 4. The summed E-state index contributed by atoms with van der Waals surface area (Å²) in [6.07, 6.45) is 7.53. The molecule has 2 rings (SSSR count). The van der Waals surface area contributed by atoms with E-state index in [1.165, 1.54) is 0 Å². The largest absolute Gasteiger partial charge is 0.399 e. The molecular weight excluding hydrogens is 238 g/mol. The second-order valence-corrected chi connectivity index (χ2v) is 4.79. The fourth-order valence-electron chi connectivity index (χ4n) is 2.28. The third-order valence-electron chi connectivity index (χ3n) is 3.25. The van der Waals surface area contributed by atoms with Gasteiger partial charge in [0.05, 0.1) is 5.56 Å². The average Bonchev–Trinajstić information content (AvgIpc) is 2.40. The fraction of sp³-hybridized carbons (Fsp3) is 0.400. The van der Waals surface area contributed by atoms with Gasteiger partial charge in [0.2, 0.25) is 0 Å². The predicted octanol–water partition coefficient (Wildman–Crippen LogP) is 2.54. The molecule has 1 amide bonds. The summed E-state index contributed by atoms with van der Waals surface area (Å²) in [7, 11) is 0. The van der Waals surface area contributed by atoms with Crippen LogP contribution in [-0.2, 0) is 0 Å². The number of carbonyl (C=O) groups excluding carboxylic acids is 1. The number of benzene rings is 1. The first kappa shape index (κ1) is 13.5. The molecule has 1 aromatic carbocycles. The van der Waals surface area contributed by atoms with Crippen LogP contribution in [0.25, 0.3) is 0 Å². The Hall–Kier alpha value is -1.97. The van der Waals surface area contributed by atoms with Crippen LogP contribution < -0.4 is 16.4 Å². The molecule has 1 aromatic rings. The van der Waals surface area contributed by atoms with E-state index in [4.69, 9.17) is 5.73 Å². The maximum absolute atomic E-state index is 12.0. The Kier molecular flexibility index (Phi) is 4.44. The van der Waals surface area contributed by atoms with Crippen LogP contribution in [0, 0.1) is 0 Å². The van der Waals surface area contributed by atoms with Crippen molar-refractivity contribution in [3.05, 3.63) is 35.9 Å². The molecule has 0 fully saturated rings. The van der Waals surface area contributed by atoms with Crippen LogP contribution >= 0.6 is 0 Å². The summed E-state index contributed by atoms with van der Waals surface area (Å²) in [6.45, 7) is 2.53. The number of amides is 1. The van der Waals surface area contributed by atoms with Crippen molar-refractivity contribution in [2.24, 2.45) is 0 Å². The number of nitrogens with two attached hydrogens (primary N) is 1. The van der Waals surface area contributed by atoms with Gasteiger partial charge in [-0.15, -0.1) is 0 Å². The molecule has 4 nitrogen and oxygen atoms in total. The van der Waals surface area contributed by atoms with Gasteiger partial charge in [0.25, 0.3) is 5.91 Å². The fourth-order valence-corrected chi connectivity index (χ4v) is 2.28. The Bertz CT molecular complexity index is 482. The Labute approximate surface area is 114 Å². The van der Waals surface area contributed by atoms with Gasteiger partial charge in [-0.25, -0.2) is 0 Å². The van der Waals surface area contributed by atoms with E-state index >= 15 is 0 Å². The first-order valence-corrected chi connectivity index (χ1v) is 6.80. The van der Waals surface area contributed by atoms with E-state index in [1.54, 1.807) is 12.1 Å². The minimum atomic E-state index is -0.0589. The summed E-state index contributed by atoms with van der Waals surface area (Å²) in [5.41, 5.74) is 7.97. The molecule has 102 valence electrons. The van der Waals surface area contributed by atoms with Crippen molar-refractivity contribution in [3.63, 3.8) is 0 Å². The zero-order valence-corrected chi connectivity index (χ0v) is 11.3. The van der Waals surface area contributed by atoms with Gasteiger partial charge in [-0.05, 0) is 44.4 Å². The maximum atomic E-state index is 12.0. The lowest BCUT2D eigenvalue weighted by molar-refractivity contribution is 0.0956. The molecule has 0 aromatic heterocycles. The molecule has 0 saturated heterocycles. The van der Waals surface area contributed by atoms with Crippen molar-refractivity contribution in [1.82, 2.24) is 5.32 Å². The lowest BCUT2D eigenvalue weighted by Crippen LogP contribution is -2.26. The van der Waals surface area contributed by atoms with Crippen molar-refractivity contribution in [2.45, 2.75) is 32.2 Å². The smallest absolute Gasteiger partial charge is 0.253 e. The highest BCUT2D eigenvalue weighted by Gasteiger charge is 2.15. The second-order valence-electron chi connectivity index (χ2n) is 4.79. The third-order valence-corrected chi connectivity index (χ3v) is 3.25. The Morgan fingerprint density at radius 1 is 1.42 bits per heavy atom. The molecule has 0 aliphatic heterocycles. The van der Waals surface area contributed by atoms with Crippen LogP contribution in [0.2, 0.25) is 0 Å². The summed E-state index contributed by atoms with van der Waals surface area (Å²) in [4.78, 5) is 12.0. The quantitative estimate of drug-likeness (QED) is 0.575. The van der Waals surface area contributed by atoms with Gasteiger partial charge in [-0.2, -0.15) is 0 Å². The van der Waals surface area contributed by atoms with Crippen LogP contribution in [-0.4, -0.2) is 18.5 Å². The van der Waals surface area contributed by atoms with Gasteiger partial charge >= 0.3 is 0 Å². The normalized spacial score (nSPS) is 18.1. The standard InChI is InChI=1S/C15H21N3O/c1-2-17-15(19)13-9-8-11(16)10-14(13)18-12-6-4-3-5-7-12/h3-4,8-10,12,18H,2,5-7,16H2,1H3,(H,17,19). The highest BCUT2D eigenvalue weighted by molar-refractivity contribution is 6.00. The van der Waals surface area contributed by atoms with Gasteiger partial charge in [-0.3, -0.25) is 4.79 Å². The van der Waals surface area contributed by atoms with Crippen LogP contribution in [0.4, 0.5) is 11.4 Å². The molecule has 0 heterocycles. The van der Waals surface area contributed by atoms with E-state index < -0.39 is 0 Å². The van der Waals surface area contributed by atoms with Gasteiger partial charge < -0.3 is 16.4 Å². The van der Waals surface area contributed by atoms with Crippen molar-refractivity contribution >= 4 is 17.3 Å². The monoisotopic (exact) mass is 259 g/mol. The van der Waals surface area contributed by atoms with Crippen LogP contribution in [0.1, 0.15) is 36.5 Å². The van der Waals surface area contributed by atoms with Crippen molar-refractivity contribution in [3.8, 4) is 0 Å². The Morgan fingerprint density at radius 3 is 2.95 bits per heavy atom. The first-order valence-electron chi connectivity index (χ1n) is 6.80. The number of carbonyl (C=O) groups is 1. The molecule has 4 heteroatoms. The minimum Gasteiger partial charge on any atom is -0.399 e. The summed E-state index contributed by atoms with van der Waals surface area (Å²) in [6, 6.07) is 5.75. The molecule has 0 saturated carbocycles. The lowest BCUT2D eigenvalue weighted by atomic mass is 10.0. The molecule has 1 atom stereocenters. The third kappa shape index (κ3) is 3.50. The molecule has 1 aliphatic rings. The van der Waals surface area contributed by atoms with Crippen LogP contribution in [0.5, 0.6) is 0 Å².